The maximum absolute atomic E-state index is 12.6. The summed E-state index contributed by atoms with van der Waals surface area (Å²) in [6.07, 6.45) is 0.362. The Morgan fingerprint density at radius 2 is 1.86 bits per heavy atom. The Morgan fingerprint density at radius 1 is 1.11 bits per heavy atom. The Labute approximate surface area is 174 Å². The van der Waals surface area contributed by atoms with E-state index in [1.165, 1.54) is 0 Å². The minimum Gasteiger partial charge on any atom is -0.379 e. The zero-order chi connectivity index (χ0) is 19.3. The van der Waals surface area contributed by atoms with Crippen molar-refractivity contribution in [2.24, 2.45) is 0 Å². The Hall–Kier alpha value is -1.67. The Bertz CT molecular complexity index is 801. The second-order valence-electron chi connectivity index (χ2n) is 7.15. The highest BCUT2D eigenvalue weighted by atomic mass is 35.5. The van der Waals surface area contributed by atoms with Crippen LogP contribution in [0.15, 0.2) is 29.6 Å². The number of halogens is 1. The maximum atomic E-state index is 12.6. The van der Waals surface area contributed by atoms with Gasteiger partial charge in [0.05, 0.1) is 25.3 Å². The molecule has 2 fully saturated rings. The third-order valence-corrected chi connectivity index (χ3v) is 6.55. The molecule has 28 heavy (non-hydrogen) atoms. The molecule has 6 nitrogen and oxygen atoms in total. The highest BCUT2D eigenvalue weighted by molar-refractivity contribution is 7.13. The van der Waals surface area contributed by atoms with Crippen molar-refractivity contribution in [3.8, 4) is 0 Å². The van der Waals surface area contributed by atoms with Gasteiger partial charge in [-0.3, -0.25) is 9.69 Å². The van der Waals surface area contributed by atoms with Crippen LogP contribution in [-0.4, -0.2) is 73.2 Å². The molecule has 8 heteroatoms. The first-order valence-corrected chi connectivity index (χ1v) is 11.0. The van der Waals surface area contributed by atoms with E-state index in [9.17, 15) is 4.79 Å². The normalized spacial score (nSPS) is 18.5. The smallest absolute Gasteiger partial charge is 0.227 e. The van der Waals surface area contributed by atoms with Crippen LogP contribution in [0.4, 0.5) is 5.13 Å². The molecule has 4 rings (SSSR count). The molecule has 1 aromatic heterocycles. The Kier molecular flexibility index (Phi) is 6.47. The summed E-state index contributed by atoms with van der Waals surface area (Å²) in [5.41, 5.74) is 2.02. The number of benzene rings is 1. The van der Waals surface area contributed by atoms with Crippen LogP contribution in [-0.2, 0) is 22.5 Å². The number of anilines is 1. The van der Waals surface area contributed by atoms with E-state index in [1.54, 1.807) is 11.3 Å². The molecule has 0 atom stereocenters. The zero-order valence-corrected chi connectivity index (χ0v) is 17.4. The molecule has 2 saturated heterocycles. The molecule has 0 spiro atoms. The third-order valence-electron chi connectivity index (χ3n) is 5.23. The number of morpholine rings is 1. The number of hydrogen-bond donors (Lipinski definition) is 0. The predicted octanol–water partition coefficient (Wildman–Crippen LogP) is 2.52. The molecular formula is C20H25ClN4O2S. The molecule has 0 aliphatic carbocycles. The monoisotopic (exact) mass is 420 g/mol. The molecule has 1 amide bonds. The van der Waals surface area contributed by atoms with Gasteiger partial charge in [-0.1, -0.05) is 29.8 Å². The number of thiazole rings is 1. The number of amides is 1. The van der Waals surface area contributed by atoms with Gasteiger partial charge in [0.25, 0.3) is 0 Å². The lowest BCUT2D eigenvalue weighted by atomic mass is 10.1. The quantitative estimate of drug-likeness (QED) is 0.743. The van der Waals surface area contributed by atoms with Crippen LogP contribution in [0.25, 0.3) is 0 Å². The summed E-state index contributed by atoms with van der Waals surface area (Å²) in [7, 11) is 0. The van der Waals surface area contributed by atoms with Gasteiger partial charge in [0.1, 0.15) is 0 Å². The van der Waals surface area contributed by atoms with E-state index < -0.39 is 0 Å². The van der Waals surface area contributed by atoms with Crippen molar-refractivity contribution >= 4 is 34.0 Å². The fourth-order valence-corrected chi connectivity index (χ4v) is 4.64. The van der Waals surface area contributed by atoms with Gasteiger partial charge in [0, 0.05) is 56.2 Å². The van der Waals surface area contributed by atoms with Gasteiger partial charge in [-0.05, 0) is 11.6 Å². The molecule has 0 N–H and O–H groups in total. The number of nitrogens with zero attached hydrogens (tertiary/aromatic N) is 4. The van der Waals surface area contributed by atoms with Crippen molar-refractivity contribution in [1.29, 1.82) is 0 Å². The molecule has 150 valence electrons. The summed E-state index contributed by atoms with van der Waals surface area (Å²) in [6.45, 7) is 7.53. The van der Waals surface area contributed by atoms with E-state index >= 15 is 0 Å². The molecule has 0 saturated carbocycles. The topological polar surface area (TPSA) is 48.9 Å². The standard InChI is InChI=1S/C20H25ClN4O2S/c21-18-4-2-1-3-16(18)13-19(26)24-5-7-25(8-6-24)20-22-17(15-28-20)14-23-9-11-27-12-10-23/h1-4,15H,5-14H2. The summed E-state index contributed by atoms with van der Waals surface area (Å²) in [5.74, 6) is 0.139. The van der Waals surface area contributed by atoms with Crippen molar-refractivity contribution in [3.63, 3.8) is 0 Å². The van der Waals surface area contributed by atoms with E-state index in [0.717, 1.165) is 75.4 Å². The largest absolute Gasteiger partial charge is 0.379 e. The van der Waals surface area contributed by atoms with Crippen LogP contribution in [0.2, 0.25) is 5.02 Å². The molecule has 3 heterocycles. The first-order chi connectivity index (χ1) is 13.7. The van der Waals surface area contributed by atoms with E-state index in [4.69, 9.17) is 21.3 Å². The van der Waals surface area contributed by atoms with Gasteiger partial charge in [0.15, 0.2) is 5.13 Å². The number of rotatable bonds is 5. The fourth-order valence-electron chi connectivity index (χ4n) is 3.57. The predicted molar refractivity (Wildman–Crippen MR) is 112 cm³/mol. The number of piperazine rings is 1. The molecule has 0 unspecified atom stereocenters. The first-order valence-electron chi connectivity index (χ1n) is 9.69. The van der Waals surface area contributed by atoms with Gasteiger partial charge in [-0.15, -0.1) is 11.3 Å². The maximum Gasteiger partial charge on any atom is 0.227 e. The van der Waals surface area contributed by atoms with E-state index in [1.807, 2.05) is 29.2 Å². The van der Waals surface area contributed by atoms with E-state index in [-0.39, 0.29) is 5.91 Å². The van der Waals surface area contributed by atoms with Crippen molar-refractivity contribution in [3.05, 3.63) is 45.9 Å². The van der Waals surface area contributed by atoms with Crippen molar-refractivity contribution < 1.29 is 9.53 Å². The molecule has 2 aliphatic rings. The van der Waals surface area contributed by atoms with Crippen LogP contribution in [0.3, 0.4) is 0 Å². The second-order valence-corrected chi connectivity index (χ2v) is 8.39. The van der Waals surface area contributed by atoms with Crippen molar-refractivity contribution in [2.75, 3.05) is 57.4 Å². The van der Waals surface area contributed by atoms with Gasteiger partial charge >= 0.3 is 0 Å². The Morgan fingerprint density at radius 3 is 2.61 bits per heavy atom. The SMILES string of the molecule is O=C(Cc1ccccc1Cl)N1CCN(c2nc(CN3CCOCC3)cs2)CC1. The van der Waals surface area contributed by atoms with Crippen LogP contribution in [0, 0.1) is 0 Å². The van der Waals surface area contributed by atoms with Crippen LogP contribution in [0.1, 0.15) is 11.3 Å². The summed E-state index contributed by atoms with van der Waals surface area (Å²) in [4.78, 5) is 24.0. The fraction of sp³-hybridized carbons (Fsp3) is 0.500. The summed E-state index contributed by atoms with van der Waals surface area (Å²) in [5, 5.41) is 3.87. The second kappa shape index (κ2) is 9.22. The molecule has 1 aromatic carbocycles. The average molecular weight is 421 g/mol. The number of hydrogen-bond acceptors (Lipinski definition) is 6. The zero-order valence-electron chi connectivity index (χ0n) is 15.8. The molecule has 2 aliphatic heterocycles. The summed E-state index contributed by atoms with van der Waals surface area (Å²) < 4.78 is 5.40. The minimum atomic E-state index is 0.139. The van der Waals surface area contributed by atoms with Gasteiger partial charge in [0.2, 0.25) is 5.91 Å². The van der Waals surface area contributed by atoms with E-state index in [0.29, 0.717) is 11.4 Å². The molecular weight excluding hydrogens is 396 g/mol. The lowest BCUT2D eigenvalue weighted by Gasteiger charge is -2.34. The molecule has 0 bridgehead atoms. The van der Waals surface area contributed by atoms with Crippen LogP contribution < -0.4 is 4.90 Å². The lowest BCUT2D eigenvalue weighted by Crippen LogP contribution is -2.49. The third kappa shape index (κ3) is 4.84. The van der Waals surface area contributed by atoms with Gasteiger partial charge in [-0.25, -0.2) is 4.98 Å². The highest BCUT2D eigenvalue weighted by Crippen LogP contribution is 2.23. The number of ether oxygens (including phenoxy) is 1. The minimum absolute atomic E-state index is 0.139. The van der Waals surface area contributed by atoms with Crippen molar-refractivity contribution in [2.45, 2.75) is 13.0 Å². The molecule has 0 radical (unpaired) electrons. The number of carbonyl (C=O) groups excluding carboxylic acids is 1. The Balaban J connectivity index is 1.28. The van der Waals surface area contributed by atoms with Crippen LogP contribution in [0.5, 0.6) is 0 Å². The molecule has 2 aromatic rings. The highest BCUT2D eigenvalue weighted by Gasteiger charge is 2.23. The number of aromatic nitrogens is 1. The summed E-state index contributed by atoms with van der Waals surface area (Å²) >= 11 is 7.88. The lowest BCUT2D eigenvalue weighted by molar-refractivity contribution is -0.130. The van der Waals surface area contributed by atoms with Crippen LogP contribution >= 0.6 is 22.9 Å². The van der Waals surface area contributed by atoms with E-state index in [2.05, 4.69) is 15.2 Å². The van der Waals surface area contributed by atoms with Crippen molar-refractivity contribution in [1.82, 2.24) is 14.8 Å². The van der Waals surface area contributed by atoms with Gasteiger partial charge in [-0.2, -0.15) is 0 Å². The number of carbonyl (C=O) groups is 1. The average Bonchev–Trinajstić information content (AvgIpc) is 3.19. The summed E-state index contributed by atoms with van der Waals surface area (Å²) in [6, 6.07) is 7.56. The first kappa shape index (κ1) is 19.6. The van der Waals surface area contributed by atoms with Gasteiger partial charge < -0.3 is 14.5 Å².